The van der Waals surface area contributed by atoms with Crippen LogP contribution >= 0.6 is 0 Å². The van der Waals surface area contributed by atoms with Gasteiger partial charge in [0.15, 0.2) is 0 Å². The van der Waals surface area contributed by atoms with Crippen LogP contribution in [-0.4, -0.2) is 40.4 Å². The summed E-state index contributed by atoms with van der Waals surface area (Å²) in [4.78, 5) is 30.2. The molecule has 3 heterocycles. The third-order valence-electron chi connectivity index (χ3n) is 6.22. The Hall–Kier alpha value is -3.04. The summed E-state index contributed by atoms with van der Waals surface area (Å²) in [5.74, 6) is -1.08. The predicted molar refractivity (Wildman–Crippen MR) is 123 cm³/mol. The molecule has 0 saturated carbocycles. The number of hydrogen-bond donors (Lipinski definition) is 0. The van der Waals surface area contributed by atoms with Crippen LogP contribution in [0.2, 0.25) is 0 Å². The van der Waals surface area contributed by atoms with E-state index in [0.717, 1.165) is 0 Å². The molecule has 4 rings (SSSR count). The Labute approximate surface area is 191 Å². The fourth-order valence-corrected chi connectivity index (χ4v) is 3.66. The maximum absolute atomic E-state index is 13.3. The first-order valence-electron chi connectivity index (χ1n) is 10.8. The number of ether oxygens (including phenoxy) is 1. The van der Waals surface area contributed by atoms with Crippen LogP contribution in [0.1, 0.15) is 50.5 Å². The number of pyridine rings is 2. The molecule has 1 saturated heterocycles. The zero-order chi connectivity index (χ0) is 24.0. The van der Waals surface area contributed by atoms with E-state index in [1.807, 2.05) is 27.7 Å². The number of hydrogen-bond acceptors (Lipinski definition) is 6. The lowest BCUT2D eigenvalue weighted by Crippen LogP contribution is -2.41. The van der Waals surface area contributed by atoms with Gasteiger partial charge >= 0.3 is 13.1 Å². The van der Waals surface area contributed by atoms with Crippen LogP contribution in [0.4, 0.5) is 4.39 Å². The Kier molecular flexibility index (Phi) is 5.88. The van der Waals surface area contributed by atoms with Gasteiger partial charge in [0.25, 0.3) is 5.56 Å². The van der Waals surface area contributed by atoms with Gasteiger partial charge in [0, 0.05) is 17.0 Å². The molecular formula is C24H26BFN2O5. The van der Waals surface area contributed by atoms with Gasteiger partial charge in [-0.1, -0.05) is 12.1 Å². The van der Waals surface area contributed by atoms with Crippen molar-refractivity contribution in [1.29, 1.82) is 0 Å². The molecule has 0 N–H and O–H groups in total. The van der Waals surface area contributed by atoms with Crippen molar-refractivity contribution in [3.05, 3.63) is 69.9 Å². The van der Waals surface area contributed by atoms with E-state index in [-0.39, 0.29) is 24.5 Å². The SMILES string of the molecule is CCOC(=O)c1cc2cc(B3OC(C)(C)C(C)(C)O3)cnc2n(Cc2ccc(F)cc2)c1=O. The predicted octanol–water partition coefficient (Wildman–Crippen LogP) is 3.06. The topological polar surface area (TPSA) is 79.7 Å². The van der Waals surface area contributed by atoms with Gasteiger partial charge in [-0.3, -0.25) is 9.36 Å². The molecule has 0 amide bonds. The van der Waals surface area contributed by atoms with Crippen molar-refractivity contribution in [3.8, 4) is 0 Å². The summed E-state index contributed by atoms with van der Waals surface area (Å²) < 4.78 is 32.1. The standard InChI is InChI=1S/C24H26BFN2O5/c1-6-31-22(30)19-12-16-11-17(25-32-23(2,3)24(4,5)33-25)13-27-20(16)28(21(19)29)14-15-7-9-18(26)10-8-15/h7-13H,6,14H2,1-5H3. The van der Waals surface area contributed by atoms with Crippen molar-refractivity contribution >= 4 is 29.6 Å². The van der Waals surface area contributed by atoms with Crippen LogP contribution in [0.5, 0.6) is 0 Å². The number of halogens is 1. The highest BCUT2D eigenvalue weighted by Crippen LogP contribution is 2.36. The van der Waals surface area contributed by atoms with E-state index in [1.165, 1.54) is 22.8 Å². The van der Waals surface area contributed by atoms with E-state index in [2.05, 4.69) is 4.98 Å². The molecule has 0 aliphatic carbocycles. The van der Waals surface area contributed by atoms with Crippen molar-refractivity contribution in [3.63, 3.8) is 0 Å². The second-order valence-electron chi connectivity index (χ2n) is 9.07. The van der Waals surface area contributed by atoms with Crippen LogP contribution < -0.4 is 11.0 Å². The van der Waals surface area contributed by atoms with Crippen molar-refractivity contribution in [2.45, 2.75) is 52.4 Å². The molecule has 1 aliphatic rings. The monoisotopic (exact) mass is 452 g/mol. The number of esters is 1. The van der Waals surface area contributed by atoms with E-state index in [0.29, 0.717) is 22.1 Å². The number of carbonyl (C=O) groups excluding carboxylic acids is 1. The van der Waals surface area contributed by atoms with Gasteiger partial charge in [0.05, 0.1) is 24.4 Å². The number of fused-ring (bicyclic) bond motifs is 1. The Morgan fingerprint density at radius 3 is 2.36 bits per heavy atom. The minimum absolute atomic E-state index is 0.0978. The highest BCUT2D eigenvalue weighted by molar-refractivity contribution is 6.62. The van der Waals surface area contributed by atoms with Gasteiger partial charge in [0.1, 0.15) is 17.0 Å². The van der Waals surface area contributed by atoms with Crippen LogP contribution in [0.25, 0.3) is 11.0 Å². The normalized spacial score (nSPS) is 16.8. The molecule has 3 aromatic rings. The molecule has 0 atom stereocenters. The minimum Gasteiger partial charge on any atom is -0.462 e. The third-order valence-corrected chi connectivity index (χ3v) is 6.22. The maximum atomic E-state index is 13.3. The minimum atomic E-state index is -0.710. The number of carbonyl (C=O) groups is 1. The molecular weight excluding hydrogens is 426 g/mol. The van der Waals surface area contributed by atoms with Crippen LogP contribution in [0.15, 0.2) is 47.4 Å². The summed E-state index contributed by atoms with van der Waals surface area (Å²) in [5.41, 5.74) is 0.0764. The molecule has 9 heteroatoms. The Bertz CT molecular complexity index is 1250. The zero-order valence-corrected chi connectivity index (χ0v) is 19.3. The summed E-state index contributed by atoms with van der Waals surface area (Å²) in [6, 6.07) is 9.10. The van der Waals surface area contributed by atoms with Gasteiger partial charge < -0.3 is 14.0 Å². The lowest BCUT2D eigenvalue weighted by Gasteiger charge is -2.32. The zero-order valence-electron chi connectivity index (χ0n) is 19.3. The molecule has 172 valence electrons. The maximum Gasteiger partial charge on any atom is 0.496 e. The first-order chi connectivity index (χ1) is 15.5. The molecule has 1 aromatic carbocycles. The van der Waals surface area contributed by atoms with Crippen molar-refractivity contribution in [1.82, 2.24) is 9.55 Å². The number of aromatic nitrogens is 2. The van der Waals surface area contributed by atoms with Gasteiger partial charge in [-0.25, -0.2) is 14.2 Å². The van der Waals surface area contributed by atoms with E-state index >= 15 is 0 Å². The second-order valence-corrected chi connectivity index (χ2v) is 9.07. The summed E-state index contributed by atoms with van der Waals surface area (Å²) in [6.07, 6.45) is 1.61. The van der Waals surface area contributed by atoms with Crippen molar-refractivity contribution < 1.29 is 23.2 Å². The summed E-state index contributed by atoms with van der Waals surface area (Å²) in [7, 11) is -0.643. The fraction of sp³-hybridized carbons (Fsp3) is 0.375. The molecule has 0 unspecified atom stereocenters. The Balaban J connectivity index is 1.83. The highest BCUT2D eigenvalue weighted by atomic mass is 19.1. The van der Waals surface area contributed by atoms with E-state index in [1.54, 1.807) is 31.3 Å². The fourth-order valence-electron chi connectivity index (χ4n) is 3.66. The summed E-state index contributed by atoms with van der Waals surface area (Å²) in [5, 5.41) is 0.562. The highest BCUT2D eigenvalue weighted by Gasteiger charge is 2.51. The van der Waals surface area contributed by atoms with Crippen LogP contribution in [-0.2, 0) is 20.6 Å². The Morgan fingerprint density at radius 2 is 1.76 bits per heavy atom. The Morgan fingerprint density at radius 1 is 1.12 bits per heavy atom. The van der Waals surface area contributed by atoms with E-state index in [4.69, 9.17) is 14.0 Å². The average Bonchev–Trinajstić information content (AvgIpc) is 2.98. The molecule has 0 spiro atoms. The van der Waals surface area contributed by atoms with Gasteiger partial charge in [-0.2, -0.15) is 0 Å². The van der Waals surface area contributed by atoms with Gasteiger partial charge in [0.2, 0.25) is 0 Å². The van der Waals surface area contributed by atoms with Crippen LogP contribution in [0.3, 0.4) is 0 Å². The summed E-state index contributed by atoms with van der Waals surface area (Å²) in [6.45, 7) is 9.77. The lowest BCUT2D eigenvalue weighted by molar-refractivity contribution is 0.00578. The van der Waals surface area contributed by atoms with Crippen LogP contribution in [0, 0.1) is 5.82 Å². The van der Waals surface area contributed by atoms with E-state index in [9.17, 15) is 14.0 Å². The number of nitrogens with zero attached hydrogens (tertiary/aromatic N) is 2. The van der Waals surface area contributed by atoms with Gasteiger partial charge in [-0.05, 0) is 64.4 Å². The molecule has 33 heavy (non-hydrogen) atoms. The van der Waals surface area contributed by atoms with E-state index < -0.39 is 29.8 Å². The molecule has 7 nitrogen and oxygen atoms in total. The third kappa shape index (κ3) is 4.30. The lowest BCUT2D eigenvalue weighted by atomic mass is 9.80. The smallest absolute Gasteiger partial charge is 0.462 e. The first-order valence-corrected chi connectivity index (χ1v) is 10.8. The van der Waals surface area contributed by atoms with Crippen molar-refractivity contribution in [2.75, 3.05) is 6.61 Å². The number of rotatable bonds is 5. The summed E-state index contributed by atoms with van der Waals surface area (Å²) >= 11 is 0. The molecule has 2 aromatic heterocycles. The van der Waals surface area contributed by atoms with Gasteiger partial charge in [-0.15, -0.1) is 0 Å². The second kappa shape index (κ2) is 8.39. The number of benzene rings is 1. The quantitative estimate of drug-likeness (QED) is 0.438. The van der Waals surface area contributed by atoms with Crippen molar-refractivity contribution in [2.24, 2.45) is 0 Å². The molecule has 0 bridgehead atoms. The first kappa shape index (κ1) is 23.1. The largest absolute Gasteiger partial charge is 0.496 e. The molecule has 1 aliphatic heterocycles. The average molecular weight is 452 g/mol. The molecule has 0 radical (unpaired) electrons. The molecule has 1 fully saturated rings.